The monoisotopic (exact) mass is 179 g/mol. The molecule has 0 spiro atoms. The third-order valence-electron chi connectivity index (χ3n) is 1.95. The Morgan fingerprint density at radius 2 is 1.75 bits per heavy atom. The number of hydrogen-bond acceptors (Lipinski definition) is 6. The first-order chi connectivity index (χ1) is 5.57. The smallest absolute Gasteiger partial charge is 0.173 e. The predicted octanol–water partition coefficient (Wildman–Crippen LogP) is -3.25. The molecule has 1 heterocycles. The van der Waals surface area contributed by atoms with Crippen molar-refractivity contribution in [3.8, 4) is 0 Å². The third-order valence-corrected chi connectivity index (χ3v) is 1.95. The molecule has 0 saturated carbocycles. The van der Waals surface area contributed by atoms with Gasteiger partial charge in [0.15, 0.2) is 6.29 Å². The molecule has 1 rings (SSSR count). The lowest BCUT2D eigenvalue weighted by atomic mass is 9.98. The zero-order valence-corrected chi connectivity index (χ0v) is 6.37. The van der Waals surface area contributed by atoms with Crippen LogP contribution in [0.5, 0.6) is 0 Å². The fraction of sp³-hybridized carbons (Fsp3) is 1.00. The van der Waals surface area contributed by atoms with Gasteiger partial charge in [0.2, 0.25) is 0 Å². The van der Waals surface area contributed by atoms with Crippen molar-refractivity contribution in [1.29, 1.82) is 0 Å². The van der Waals surface area contributed by atoms with Crippen LogP contribution in [0.1, 0.15) is 0 Å². The van der Waals surface area contributed by atoms with E-state index in [0.29, 0.717) is 0 Å². The summed E-state index contributed by atoms with van der Waals surface area (Å²) < 4.78 is 4.70. The maximum Gasteiger partial charge on any atom is 0.173 e. The number of rotatable bonds is 1. The average Bonchev–Trinajstić information content (AvgIpc) is 2.08. The molecule has 0 radical (unpaired) electrons. The molecule has 1 aliphatic heterocycles. The lowest BCUT2D eigenvalue weighted by Gasteiger charge is -2.38. The molecule has 0 aromatic carbocycles. The topological polar surface area (TPSA) is 116 Å². The fourth-order valence-corrected chi connectivity index (χ4v) is 1.12. The first-order valence-electron chi connectivity index (χ1n) is 3.64. The minimum absolute atomic E-state index is 0.470. The van der Waals surface area contributed by atoms with Crippen LogP contribution in [0.15, 0.2) is 0 Å². The Bertz CT molecular complexity index is 150. The van der Waals surface area contributed by atoms with Crippen LogP contribution in [0.3, 0.4) is 0 Å². The van der Waals surface area contributed by atoms with Crippen LogP contribution in [0.4, 0.5) is 0 Å². The first-order valence-corrected chi connectivity index (χ1v) is 3.64. The van der Waals surface area contributed by atoms with Gasteiger partial charge in [-0.2, -0.15) is 0 Å². The van der Waals surface area contributed by atoms with E-state index in [0.717, 1.165) is 0 Å². The standard InChI is InChI=1S/C6H13NO5/c7-3-5(10)4(9)2(1-8)12-6(3)11/h2-6,8-11H,1,7H2/t2-,3?,4?,5?,6?/m1/s1. The lowest BCUT2D eigenvalue weighted by molar-refractivity contribution is -0.248. The minimum Gasteiger partial charge on any atom is -0.394 e. The van der Waals surface area contributed by atoms with Crippen LogP contribution >= 0.6 is 0 Å². The Labute approximate surface area is 69.2 Å². The molecule has 0 amide bonds. The summed E-state index contributed by atoms with van der Waals surface area (Å²) in [5.74, 6) is 0. The second kappa shape index (κ2) is 3.65. The van der Waals surface area contributed by atoms with Crippen LogP contribution in [-0.2, 0) is 4.74 Å². The van der Waals surface area contributed by atoms with Crippen LogP contribution < -0.4 is 5.73 Å². The molecule has 1 fully saturated rings. The van der Waals surface area contributed by atoms with Crippen molar-refractivity contribution in [2.45, 2.75) is 30.6 Å². The Morgan fingerprint density at radius 3 is 2.25 bits per heavy atom. The van der Waals surface area contributed by atoms with Gasteiger partial charge in [0.1, 0.15) is 18.3 Å². The number of aliphatic hydroxyl groups excluding tert-OH is 4. The Kier molecular flexibility index (Phi) is 2.99. The van der Waals surface area contributed by atoms with Crippen molar-refractivity contribution in [2.24, 2.45) is 5.73 Å². The zero-order valence-electron chi connectivity index (χ0n) is 6.37. The molecule has 6 N–H and O–H groups in total. The van der Waals surface area contributed by atoms with Crippen molar-refractivity contribution in [2.75, 3.05) is 6.61 Å². The summed E-state index contributed by atoms with van der Waals surface area (Å²) in [5.41, 5.74) is 5.26. The zero-order chi connectivity index (χ0) is 9.30. The maximum atomic E-state index is 9.20. The van der Waals surface area contributed by atoms with Gasteiger partial charge in [-0.15, -0.1) is 0 Å². The summed E-state index contributed by atoms with van der Waals surface area (Å²) in [6, 6.07) is -1.04. The maximum absolute atomic E-state index is 9.20. The van der Waals surface area contributed by atoms with Gasteiger partial charge in [-0.3, -0.25) is 0 Å². The molecule has 12 heavy (non-hydrogen) atoms. The fourth-order valence-electron chi connectivity index (χ4n) is 1.12. The summed E-state index contributed by atoms with van der Waals surface area (Å²) in [5, 5.41) is 36.1. The Morgan fingerprint density at radius 1 is 1.17 bits per heavy atom. The second-order valence-electron chi connectivity index (χ2n) is 2.81. The average molecular weight is 179 g/mol. The SMILES string of the molecule is NC1C(O)O[C@H](CO)C(O)C1O. The van der Waals surface area contributed by atoms with Crippen molar-refractivity contribution in [3.63, 3.8) is 0 Å². The number of ether oxygens (including phenoxy) is 1. The van der Waals surface area contributed by atoms with Gasteiger partial charge in [-0.05, 0) is 0 Å². The van der Waals surface area contributed by atoms with Gasteiger partial charge in [0, 0.05) is 0 Å². The molecular weight excluding hydrogens is 166 g/mol. The molecule has 1 saturated heterocycles. The number of aliphatic hydroxyl groups is 4. The highest BCUT2D eigenvalue weighted by atomic mass is 16.6. The van der Waals surface area contributed by atoms with Crippen LogP contribution in [0, 0.1) is 0 Å². The highest BCUT2D eigenvalue weighted by Crippen LogP contribution is 2.17. The predicted molar refractivity (Wildman–Crippen MR) is 38.0 cm³/mol. The number of hydrogen-bond donors (Lipinski definition) is 5. The summed E-state index contributed by atoms with van der Waals surface area (Å²) in [7, 11) is 0. The van der Waals surface area contributed by atoms with E-state index in [-0.39, 0.29) is 0 Å². The molecule has 0 bridgehead atoms. The first kappa shape index (κ1) is 9.85. The van der Waals surface area contributed by atoms with Crippen molar-refractivity contribution in [3.05, 3.63) is 0 Å². The molecule has 72 valence electrons. The molecule has 6 nitrogen and oxygen atoms in total. The molecule has 0 aromatic rings. The summed E-state index contributed by atoms with van der Waals surface area (Å²) in [4.78, 5) is 0. The van der Waals surface area contributed by atoms with Crippen molar-refractivity contribution >= 4 is 0 Å². The van der Waals surface area contributed by atoms with Gasteiger partial charge < -0.3 is 30.9 Å². The van der Waals surface area contributed by atoms with Gasteiger partial charge >= 0.3 is 0 Å². The minimum atomic E-state index is -1.35. The largest absolute Gasteiger partial charge is 0.394 e. The van der Waals surface area contributed by atoms with E-state index in [1.165, 1.54) is 0 Å². The molecule has 1 aliphatic rings. The normalized spacial score (nSPS) is 49.2. The second-order valence-corrected chi connectivity index (χ2v) is 2.81. The van der Waals surface area contributed by atoms with Crippen LogP contribution in [-0.4, -0.2) is 57.7 Å². The molecule has 0 aromatic heterocycles. The Hall–Kier alpha value is -0.240. The number of nitrogens with two attached hydrogens (primary N) is 1. The molecule has 6 heteroatoms. The quantitative estimate of drug-likeness (QED) is 0.288. The van der Waals surface area contributed by atoms with Crippen LogP contribution in [0.25, 0.3) is 0 Å². The van der Waals surface area contributed by atoms with E-state index in [1.54, 1.807) is 0 Å². The van der Waals surface area contributed by atoms with E-state index in [2.05, 4.69) is 0 Å². The molecule has 5 atom stereocenters. The van der Waals surface area contributed by atoms with Gasteiger partial charge in [0.25, 0.3) is 0 Å². The summed E-state index contributed by atoms with van der Waals surface area (Å²) in [6.45, 7) is -0.470. The van der Waals surface area contributed by atoms with Crippen LogP contribution in [0.2, 0.25) is 0 Å². The summed E-state index contributed by atoms with van der Waals surface area (Å²) >= 11 is 0. The van der Waals surface area contributed by atoms with E-state index in [1.807, 2.05) is 0 Å². The van der Waals surface area contributed by atoms with Crippen molar-refractivity contribution < 1.29 is 25.2 Å². The lowest BCUT2D eigenvalue weighted by Crippen LogP contribution is -2.61. The van der Waals surface area contributed by atoms with E-state index < -0.39 is 37.3 Å². The van der Waals surface area contributed by atoms with Gasteiger partial charge in [-0.25, -0.2) is 0 Å². The highest BCUT2D eigenvalue weighted by molar-refractivity contribution is 4.90. The third kappa shape index (κ3) is 1.58. The van der Waals surface area contributed by atoms with E-state index in [9.17, 15) is 10.2 Å². The molecule has 0 aliphatic carbocycles. The Balaban J connectivity index is 2.63. The van der Waals surface area contributed by atoms with Gasteiger partial charge in [-0.1, -0.05) is 0 Å². The molecular formula is C6H13NO5. The van der Waals surface area contributed by atoms with Gasteiger partial charge in [0.05, 0.1) is 12.6 Å². The van der Waals surface area contributed by atoms with E-state index in [4.69, 9.17) is 20.7 Å². The molecule has 4 unspecified atom stereocenters. The van der Waals surface area contributed by atoms with Crippen molar-refractivity contribution in [1.82, 2.24) is 0 Å². The summed E-state index contributed by atoms with van der Waals surface area (Å²) in [6.07, 6.45) is -4.85. The van der Waals surface area contributed by atoms with E-state index >= 15 is 0 Å². The highest BCUT2D eigenvalue weighted by Gasteiger charge is 2.41.